The van der Waals surface area contributed by atoms with Crippen LogP contribution in [0.3, 0.4) is 0 Å². The Bertz CT molecular complexity index is 859. The van der Waals surface area contributed by atoms with E-state index in [1.807, 2.05) is 37.3 Å². The van der Waals surface area contributed by atoms with E-state index in [9.17, 15) is 10.2 Å². The Balaban J connectivity index is 2.20. The van der Waals surface area contributed by atoms with E-state index >= 15 is 0 Å². The van der Waals surface area contributed by atoms with Crippen LogP contribution in [0.25, 0.3) is 22.2 Å². The number of pyridine rings is 1. The van der Waals surface area contributed by atoms with Gasteiger partial charge in [-0.1, -0.05) is 18.2 Å². The van der Waals surface area contributed by atoms with Crippen LogP contribution < -0.4 is 4.74 Å². The van der Waals surface area contributed by atoms with Crippen LogP contribution in [-0.4, -0.2) is 28.9 Å². The molecule has 0 saturated carbocycles. The van der Waals surface area contributed by atoms with Gasteiger partial charge in [0.2, 0.25) is 0 Å². The summed E-state index contributed by atoms with van der Waals surface area (Å²) in [5, 5.41) is 20.1. The Hall–Kier alpha value is -2.59. The second-order valence-electron chi connectivity index (χ2n) is 5.50. The van der Waals surface area contributed by atoms with Gasteiger partial charge in [-0.15, -0.1) is 0 Å². The Morgan fingerprint density at radius 1 is 1.13 bits per heavy atom. The highest BCUT2D eigenvalue weighted by atomic mass is 16.5. The fourth-order valence-electron chi connectivity index (χ4n) is 2.78. The molecule has 0 aliphatic heterocycles. The predicted molar refractivity (Wildman–Crippen MR) is 90.9 cm³/mol. The molecule has 0 fully saturated rings. The summed E-state index contributed by atoms with van der Waals surface area (Å²) in [6, 6.07) is 13.3. The smallest absolute Gasteiger partial charge is 0.161 e. The zero-order valence-corrected chi connectivity index (χ0v) is 13.2. The van der Waals surface area contributed by atoms with Gasteiger partial charge in [0.1, 0.15) is 0 Å². The maximum atomic E-state index is 9.75. The molecule has 0 radical (unpaired) electrons. The van der Waals surface area contributed by atoms with Crippen LogP contribution in [0.4, 0.5) is 0 Å². The van der Waals surface area contributed by atoms with Crippen molar-refractivity contribution in [3.05, 3.63) is 53.6 Å². The summed E-state index contributed by atoms with van der Waals surface area (Å²) in [7, 11) is 1.53. The molecule has 23 heavy (non-hydrogen) atoms. The summed E-state index contributed by atoms with van der Waals surface area (Å²) in [6.45, 7) is 2.14. The van der Waals surface area contributed by atoms with Gasteiger partial charge in [0.25, 0.3) is 0 Å². The third kappa shape index (κ3) is 2.85. The maximum Gasteiger partial charge on any atom is 0.161 e. The number of aliphatic hydroxyl groups excluding tert-OH is 1. The number of aryl methyl sites for hydroxylation is 1. The monoisotopic (exact) mass is 309 g/mol. The van der Waals surface area contributed by atoms with Gasteiger partial charge in [-0.3, -0.25) is 0 Å². The van der Waals surface area contributed by atoms with Crippen molar-refractivity contribution in [1.82, 2.24) is 4.98 Å². The Kier molecular flexibility index (Phi) is 4.17. The summed E-state index contributed by atoms with van der Waals surface area (Å²) < 4.78 is 5.18. The number of methoxy groups -OCH3 is 1. The van der Waals surface area contributed by atoms with E-state index in [0.717, 1.165) is 33.3 Å². The first-order valence-electron chi connectivity index (χ1n) is 7.51. The molecule has 0 spiro atoms. The number of aliphatic hydroxyl groups is 1. The molecular weight excluding hydrogens is 290 g/mol. The van der Waals surface area contributed by atoms with E-state index in [0.29, 0.717) is 12.2 Å². The fourth-order valence-corrected chi connectivity index (χ4v) is 2.78. The molecule has 2 aromatic carbocycles. The van der Waals surface area contributed by atoms with Crippen molar-refractivity contribution < 1.29 is 14.9 Å². The van der Waals surface area contributed by atoms with Crippen LogP contribution in [0.15, 0.2) is 42.5 Å². The molecule has 3 rings (SSSR count). The zero-order valence-electron chi connectivity index (χ0n) is 13.2. The minimum Gasteiger partial charge on any atom is -0.504 e. The fraction of sp³-hybridized carbons (Fsp3) is 0.211. The largest absolute Gasteiger partial charge is 0.504 e. The minimum absolute atomic E-state index is 0.0943. The van der Waals surface area contributed by atoms with E-state index in [1.165, 1.54) is 7.11 Å². The summed E-state index contributed by atoms with van der Waals surface area (Å²) in [4.78, 5) is 4.78. The molecule has 0 atom stereocenters. The lowest BCUT2D eigenvalue weighted by Crippen LogP contribution is -1.97. The van der Waals surface area contributed by atoms with Gasteiger partial charge in [0.15, 0.2) is 11.5 Å². The highest BCUT2D eigenvalue weighted by molar-refractivity contribution is 5.87. The van der Waals surface area contributed by atoms with Crippen molar-refractivity contribution in [3.8, 4) is 22.8 Å². The lowest BCUT2D eigenvalue weighted by atomic mass is 10.0. The van der Waals surface area contributed by atoms with Crippen molar-refractivity contribution in [2.24, 2.45) is 0 Å². The molecule has 0 bridgehead atoms. The number of hydrogen-bond donors (Lipinski definition) is 2. The van der Waals surface area contributed by atoms with Crippen molar-refractivity contribution >= 4 is 10.9 Å². The summed E-state index contributed by atoms with van der Waals surface area (Å²) >= 11 is 0. The third-order valence-corrected chi connectivity index (χ3v) is 3.99. The number of nitrogens with zero attached hydrogens (tertiary/aromatic N) is 1. The van der Waals surface area contributed by atoms with Crippen molar-refractivity contribution in [2.75, 3.05) is 13.7 Å². The van der Waals surface area contributed by atoms with Gasteiger partial charge in [0, 0.05) is 17.6 Å². The standard InChI is InChI=1S/C19H19NO3/c1-12-10-16(14-6-7-17(22)18(11-14)23-2)20-19-13(8-9-21)4-3-5-15(12)19/h3-7,10-11,21-22H,8-9H2,1-2H3. The molecule has 2 N–H and O–H groups in total. The quantitative estimate of drug-likeness (QED) is 0.775. The first kappa shape index (κ1) is 15.3. The molecular formula is C19H19NO3. The number of phenolic OH excluding ortho intramolecular Hbond substituents is 1. The van der Waals surface area contributed by atoms with Crippen LogP contribution >= 0.6 is 0 Å². The lowest BCUT2D eigenvalue weighted by molar-refractivity contribution is 0.300. The normalized spacial score (nSPS) is 10.9. The number of ether oxygens (including phenoxy) is 1. The van der Waals surface area contributed by atoms with Crippen LogP contribution in [-0.2, 0) is 6.42 Å². The molecule has 3 aromatic rings. The van der Waals surface area contributed by atoms with Crippen LogP contribution in [0.2, 0.25) is 0 Å². The maximum absolute atomic E-state index is 9.75. The predicted octanol–water partition coefficient (Wildman–Crippen LogP) is 3.46. The molecule has 0 saturated heterocycles. The summed E-state index contributed by atoms with van der Waals surface area (Å²) in [5.74, 6) is 0.528. The number of benzene rings is 2. The molecule has 0 amide bonds. The number of aromatic hydroxyl groups is 1. The van der Waals surface area contributed by atoms with Crippen molar-refractivity contribution in [2.45, 2.75) is 13.3 Å². The van der Waals surface area contributed by atoms with E-state index in [-0.39, 0.29) is 12.4 Å². The number of rotatable bonds is 4. The molecule has 1 heterocycles. The Labute approximate surface area is 135 Å². The Morgan fingerprint density at radius 3 is 2.70 bits per heavy atom. The molecule has 0 aliphatic rings. The zero-order chi connectivity index (χ0) is 16.4. The highest BCUT2D eigenvalue weighted by Gasteiger charge is 2.10. The van der Waals surface area contributed by atoms with Crippen molar-refractivity contribution in [1.29, 1.82) is 0 Å². The van der Waals surface area contributed by atoms with Gasteiger partial charge in [-0.2, -0.15) is 0 Å². The van der Waals surface area contributed by atoms with Gasteiger partial charge in [-0.05, 0) is 48.7 Å². The lowest BCUT2D eigenvalue weighted by Gasteiger charge is -2.11. The summed E-state index contributed by atoms with van der Waals surface area (Å²) in [6.07, 6.45) is 0.576. The van der Waals surface area contributed by atoms with Gasteiger partial charge in [0.05, 0.1) is 18.3 Å². The van der Waals surface area contributed by atoms with E-state index in [2.05, 4.69) is 0 Å². The van der Waals surface area contributed by atoms with E-state index in [4.69, 9.17) is 9.72 Å². The molecule has 0 aliphatic carbocycles. The summed E-state index contributed by atoms with van der Waals surface area (Å²) in [5.41, 5.74) is 4.75. The third-order valence-electron chi connectivity index (χ3n) is 3.99. The first-order valence-corrected chi connectivity index (χ1v) is 7.51. The van der Waals surface area contributed by atoms with Crippen LogP contribution in [0, 0.1) is 6.92 Å². The molecule has 4 nitrogen and oxygen atoms in total. The Morgan fingerprint density at radius 2 is 1.96 bits per heavy atom. The molecule has 4 heteroatoms. The molecule has 118 valence electrons. The van der Waals surface area contributed by atoms with E-state index < -0.39 is 0 Å². The minimum atomic E-state index is 0.0943. The number of phenols is 1. The molecule has 0 unspecified atom stereocenters. The van der Waals surface area contributed by atoms with Crippen molar-refractivity contribution in [3.63, 3.8) is 0 Å². The average molecular weight is 309 g/mol. The van der Waals surface area contributed by atoms with Gasteiger partial charge >= 0.3 is 0 Å². The van der Waals surface area contributed by atoms with Crippen LogP contribution in [0.1, 0.15) is 11.1 Å². The van der Waals surface area contributed by atoms with Gasteiger partial charge in [-0.25, -0.2) is 4.98 Å². The molecule has 1 aromatic heterocycles. The first-order chi connectivity index (χ1) is 11.1. The number of hydrogen-bond acceptors (Lipinski definition) is 4. The number of fused-ring (bicyclic) bond motifs is 1. The SMILES string of the molecule is COc1cc(-c2cc(C)c3cccc(CCO)c3n2)ccc1O. The van der Waals surface area contributed by atoms with Gasteiger partial charge < -0.3 is 14.9 Å². The number of aromatic nitrogens is 1. The second kappa shape index (κ2) is 6.26. The second-order valence-corrected chi connectivity index (χ2v) is 5.50. The topological polar surface area (TPSA) is 62.6 Å². The van der Waals surface area contributed by atoms with Crippen LogP contribution in [0.5, 0.6) is 11.5 Å². The average Bonchev–Trinajstić information content (AvgIpc) is 2.56. The highest BCUT2D eigenvalue weighted by Crippen LogP contribution is 2.32. The van der Waals surface area contributed by atoms with E-state index in [1.54, 1.807) is 12.1 Å². The number of para-hydroxylation sites is 1.